The molecule has 0 aliphatic carbocycles. The van der Waals surface area contributed by atoms with Crippen LogP contribution in [0.4, 0.5) is 5.82 Å². The standard InChI is InChI=1S/C23H30N4O6/c1-16-11-20(26-33-16)25-21(28)8-9-23(30)27(14-17-5-3-6-18(12-17)31-2)15-22(29)24-13-19-7-4-10-32-19/h3,5-6,11-12,19H,4,7-10,13-15H2,1-2H3,(H,24,29)(H,25,26,28)/t19-/m0/s1. The molecule has 2 aromatic rings. The normalized spacial score (nSPS) is 15.2. The Labute approximate surface area is 192 Å². The van der Waals surface area contributed by atoms with Crippen LogP contribution in [0.25, 0.3) is 0 Å². The van der Waals surface area contributed by atoms with Gasteiger partial charge in [0, 0.05) is 38.6 Å². The van der Waals surface area contributed by atoms with Gasteiger partial charge in [-0.05, 0) is 37.5 Å². The second-order valence-corrected chi connectivity index (χ2v) is 7.91. The van der Waals surface area contributed by atoms with Gasteiger partial charge < -0.3 is 29.5 Å². The number of ether oxygens (including phenoxy) is 2. The van der Waals surface area contributed by atoms with Crippen LogP contribution in [0.1, 0.15) is 37.0 Å². The van der Waals surface area contributed by atoms with Crippen molar-refractivity contribution in [2.75, 3.05) is 32.1 Å². The predicted molar refractivity (Wildman–Crippen MR) is 119 cm³/mol. The van der Waals surface area contributed by atoms with Gasteiger partial charge in [0.05, 0.1) is 19.8 Å². The maximum atomic E-state index is 12.9. The highest BCUT2D eigenvalue weighted by Gasteiger charge is 2.21. The summed E-state index contributed by atoms with van der Waals surface area (Å²) in [6, 6.07) is 8.88. The largest absolute Gasteiger partial charge is 0.497 e. The minimum atomic E-state index is -0.360. The van der Waals surface area contributed by atoms with Crippen molar-refractivity contribution in [3.8, 4) is 5.75 Å². The minimum absolute atomic E-state index is 0.0142. The van der Waals surface area contributed by atoms with Crippen molar-refractivity contribution in [1.82, 2.24) is 15.4 Å². The monoisotopic (exact) mass is 458 g/mol. The van der Waals surface area contributed by atoms with E-state index >= 15 is 0 Å². The average Bonchev–Trinajstić information content (AvgIpc) is 3.47. The summed E-state index contributed by atoms with van der Waals surface area (Å²) in [7, 11) is 1.57. The van der Waals surface area contributed by atoms with Crippen LogP contribution in [0.15, 0.2) is 34.9 Å². The third kappa shape index (κ3) is 7.90. The van der Waals surface area contributed by atoms with E-state index in [1.165, 1.54) is 4.90 Å². The number of rotatable bonds is 11. The van der Waals surface area contributed by atoms with E-state index in [0.717, 1.165) is 18.4 Å². The number of methoxy groups -OCH3 is 1. The number of aromatic nitrogens is 1. The van der Waals surface area contributed by atoms with Crippen molar-refractivity contribution in [1.29, 1.82) is 0 Å². The molecule has 1 aliphatic rings. The quantitative estimate of drug-likeness (QED) is 0.528. The van der Waals surface area contributed by atoms with Gasteiger partial charge in [-0.15, -0.1) is 0 Å². The Kier molecular flexibility index (Phi) is 8.82. The van der Waals surface area contributed by atoms with E-state index in [1.54, 1.807) is 26.2 Å². The van der Waals surface area contributed by atoms with Gasteiger partial charge in [-0.2, -0.15) is 0 Å². The van der Waals surface area contributed by atoms with E-state index in [9.17, 15) is 14.4 Å². The van der Waals surface area contributed by atoms with Crippen LogP contribution in [0, 0.1) is 6.92 Å². The van der Waals surface area contributed by atoms with Crippen LogP contribution in [0.2, 0.25) is 0 Å². The third-order valence-electron chi connectivity index (χ3n) is 5.21. The summed E-state index contributed by atoms with van der Waals surface area (Å²) in [5.74, 6) is 0.582. The Morgan fingerprint density at radius 3 is 2.76 bits per heavy atom. The number of nitrogens with one attached hydrogen (secondary N) is 2. The first-order valence-electron chi connectivity index (χ1n) is 10.9. The molecule has 33 heavy (non-hydrogen) atoms. The van der Waals surface area contributed by atoms with Crippen molar-refractivity contribution in [3.63, 3.8) is 0 Å². The van der Waals surface area contributed by atoms with Gasteiger partial charge in [0.25, 0.3) is 0 Å². The van der Waals surface area contributed by atoms with Crippen LogP contribution in [-0.2, 0) is 25.7 Å². The lowest BCUT2D eigenvalue weighted by Crippen LogP contribution is -2.42. The molecule has 1 atom stereocenters. The lowest BCUT2D eigenvalue weighted by atomic mass is 10.1. The number of anilines is 1. The van der Waals surface area contributed by atoms with Gasteiger partial charge in [0.15, 0.2) is 5.82 Å². The fourth-order valence-corrected chi connectivity index (χ4v) is 3.49. The van der Waals surface area contributed by atoms with E-state index in [2.05, 4.69) is 15.8 Å². The summed E-state index contributed by atoms with van der Waals surface area (Å²) < 4.78 is 15.7. The Balaban J connectivity index is 1.58. The molecule has 0 unspecified atom stereocenters. The number of benzene rings is 1. The third-order valence-corrected chi connectivity index (χ3v) is 5.21. The molecule has 1 fully saturated rings. The molecule has 1 aromatic heterocycles. The highest BCUT2D eigenvalue weighted by molar-refractivity contribution is 5.93. The fraction of sp³-hybridized carbons (Fsp3) is 0.478. The van der Waals surface area contributed by atoms with Gasteiger partial charge in [-0.3, -0.25) is 14.4 Å². The molecule has 2 heterocycles. The molecule has 178 valence electrons. The Morgan fingerprint density at radius 2 is 2.06 bits per heavy atom. The molecule has 0 radical (unpaired) electrons. The van der Waals surface area contributed by atoms with Crippen molar-refractivity contribution in [2.24, 2.45) is 0 Å². The average molecular weight is 459 g/mol. The van der Waals surface area contributed by atoms with E-state index < -0.39 is 0 Å². The molecule has 1 saturated heterocycles. The van der Waals surface area contributed by atoms with Crippen LogP contribution < -0.4 is 15.4 Å². The summed E-state index contributed by atoms with van der Waals surface area (Å²) in [5.41, 5.74) is 0.817. The number of hydrogen-bond acceptors (Lipinski definition) is 7. The Hall–Kier alpha value is -3.40. The smallest absolute Gasteiger partial charge is 0.239 e. The zero-order valence-corrected chi connectivity index (χ0v) is 19.0. The van der Waals surface area contributed by atoms with Crippen molar-refractivity contribution >= 4 is 23.5 Å². The first-order chi connectivity index (χ1) is 15.9. The molecular weight excluding hydrogens is 428 g/mol. The van der Waals surface area contributed by atoms with E-state index in [-0.39, 0.29) is 49.8 Å². The summed E-state index contributed by atoms with van der Waals surface area (Å²) in [5, 5.41) is 9.13. The SMILES string of the molecule is COc1cccc(CN(CC(=O)NC[C@@H]2CCCO2)C(=O)CCC(=O)Nc2cc(C)on2)c1. The second-order valence-electron chi connectivity index (χ2n) is 7.91. The molecule has 2 N–H and O–H groups in total. The second kappa shape index (κ2) is 12.0. The molecule has 3 amide bonds. The maximum absolute atomic E-state index is 12.9. The molecule has 0 saturated carbocycles. The van der Waals surface area contributed by atoms with Crippen LogP contribution >= 0.6 is 0 Å². The number of hydrogen-bond donors (Lipinski definition) is 2. The zero-order valence-electron chi connectivity index (χ0n) is 19.0. The van der Waals surface area contributed by atoms with Gasteiger partial charge in [0.2, 0.25) is 17.7 Å². The topological polar surface area (TPSA) is 123 Å². The summed E-state index contributed by atoms with van der Waals surface area (Å²) in [6.45, 7) is 2.93. The number of amides is 3. The Bertz CT molecular complexity index is 954. The molecule has 3 rings (SSSR count). The molecular formula is C23H30N4O6. The van der Waals surface area contributed by atoms with Gasteiger partial charge in [0.1, 0.15) is 11.5 Å². The number of carbonyl (C=O) groups excluding carboxylic acids is 3. The molecule has 10 nitrogen and oxygen atoms in total. The number of nitrogens with zero attached hydrogens (tertiary/aromatic N) is 2. The van der Waals surface area contributed by atoms with E-state index in [0.29, 0.717) is 30.5 Å². The lowest BCUT2D eigenvalue weighted by Gasteiger charge is -2.23. The van der Waals surface area contributed by atoms with Crippen molar-refractivity contribution in [3.05, 3.63) is 41.7 Å². The summed E-state index contributed by atoms with van der Waals surface area (Å²) in [6.07, 6.45) is 1.81. The highest BCUT2D eigenvalue weighted by Crippen LogP contribution is 2.16. The van der Waals surface area contributed by atoms with Crippen molar-refractivity contribution < 1.29 is 28.4 Å². The maximum Gasteiger partial charge on any atom is 0.239 e. The first kappa shape index (κ1) is 24.2. The number of carbonyl (C=O) groups is 3. The lowest BCUT2D eigenvalue weighted by molar-refractivity contribution is -0.137. The van der Waals surface area contributed by atoms with Gasteiger partial charge >= 0.3 is 0 Å². The van der Waals surface area contributed by atoms with Crippen LogP contribution in [-0.4, -0.2) is 60.7 Å². The first-order valence-corrected chi connectivity index (χ1v) is 10.9. The summed E-state index contributed by atoms with van der Waals surface area (Å²) >= 11 is 0. The van der Waals surface area contributed by atoms with Crippen LogP contribution in [0.5, 0.6) is 5.75 Å². The number of aryl methyl sites for hydroxylation is 1. The van der Waals surface area contributed by atoms with E-state index in [1.807, 2.05) is 18.2 Å². The summed E-state index contributed by atoms with van der Waals surface area (Å²) in [4.78, 5) is 39.1. The molecule has 1 aromatic carbocycles. The predicted octanol–water partition coefficient (Wildman–Crippen LogP) is 2.03. The molecule has 1 aliphatic heterocycles. The molecule has 10 heteroatoms. The van der Waals surface area contributed by atoms with Crippen molar-refractivity contribution in [2.45, 2.75) is 45.3 Å². The van der Waals surface area contributed by atoms with Crippen LogP contribution in [0.3, 0.4) is 0 Å². The van der Waals surface area contributed by atoms with Gasteiger partial charge in [-0.25, -0.2) is 0 Å². The van der Waals surface area contributed by atoms with E-state index in [4.69, 9.17) is 14.0 Å². The van der Waals surface area contributed by atoms with Gasteiger partial charge in [-0.1, -0.05) is 17.3 Å². The highest BCUT2D eigenvalue weighted by atomic mass is 16.5. The minimum Gasteiger partial charge on any atom is -0.497 e. The molecule has 0 bridgehead atoms. The molecule has 0 spiro atoms. The fourth-order valence-electron chi connectivity index (χ4n) is 3.49. The zero-order chi connectivity index (χ0) is 23.6. The Morgan fingerprint density at radius 1 is 1.21 bits per heavy atom.